The third kappa shape index (κ3) is 9.65. The van der Waals surface area contributed by atoms with E-state index in [-0.39, 0.29) is 42.9 Å². The number of hydrogen-bond donors (Lipinski definition) is 3. The molecule has 0 bridgehead atoms. The van der Waals surface area contributed by atoms with Gasteiger partial charge in [0.05, 0.1) is 12.1 Å². The summed E-state index contributed by atoms with van der Waals surface area (Å²) in [6.07, 6.45) is -0.803. The topological polar surface area (TPSA) is 83.7 Å². The molecule has 2 aromatic rings. The Morgan fingerprint density at radius 3 is 2.60 bits per heavy atom. The Balaban J connectivity index is 0.00000450. The molecule has 0 saturated carbocycles. The second kappa shape index (κ2) is 13.3. The summed E-state index contributed by atoms with van der Waals surface area (Å²) in [6, 6.07) is 6.20. The van der Waals surface area contributed by atoms with Crippen molar-refractivity contribution in [2.45, 2.75) is 32.2 Å². The summed E-state index contributed by atoms with van der Waals surface area (Å²) in [5.41, 5.74) is -0.746. The van der Waals surface area contributed by atoms with Gasteiger partial charge in [0, 0.05) is 32.0 Å². The van der Waals surface area contributed by atoms with Crippen LogP contribution in [0.2, 0.25) is 0 Å². The van der Waals surface area contributed by atoms with Gasteiger partial charge in [0.15, 0.2) is 5.96 Å². The van der Waals surface area contributed by atoms with Crippen LogP contribution in [0.25, 0.3) is 0 Å². The van der Waals surface area contributed by atoms with E-state index < -0.39 is 17.8 Å². The average molecular weight is 541 g/mol. The van der Waals surface area contributed by atoms with Gasteiger partial charge in [0.1, 0.15) is 18.5 Å². The van der Waals surface area contributed by atoms with Gasteiger partial charge in [0.2, 0.25) is 0 Å². The number of rotatable bonds is 10. The number of aliphatic hydroxyl groups excluding tert-OH is 1. The van der Waals surface area contributed by atoms with Crippen LogP contribution in [0.15, 0.2) is 47.7 Å². The van der Waals surface area contributed by atoms with Gasteiger partial charge in [-0.05, 0) is 43.7 Å². The lowest BCUT2D eigenvalue weighted by atomic mass is 10.2. The molecule has 0 aliphatic rings. The number of halogens is 4. The highest BCUT2D eigenvalue weighted by Gasteiger charge is 2.30. The normalized spacial score (nSPS) is 12.8. The molecule has 1 aromatic heterocycles. The van der Waals surface area contributed by atoms with Crippen molar-refractivity contribution in [1.82, 2.24) is 20.4 Å². The van der Waals surface area contributed by atoms with Crippen molar-refractivity contribution in [3.05, 3.63) is 48.3 Å². The first-order valence-corrected chi connectivity index (χ1v) is 9.36. The zero-order valence-electron chi connectivity index (χ0n) is 16.6. The molecular weight excluding hydrogens is 514 g/mol. The van der Waals surface area contributed by atoms with Crippen LogP contribution in [0.1, 0.15) is 18.9 Å². The van der Waals surface area contributed by atoms with Gasteiger partial charge in [-0.1, -0.05) is 0 Å². The molecule has 3 N–H and O–H groups in total. The zero-order chi connectivity index (χ0) is 21.1. The van der Waals surface area contributed by atoms with Gasteiger partial charge < -0.3 is 20.5 Å². The lowest BCUT2D eigenvalue weighted by molar-refractivity contribution is -0.137. The van der Waals surface area contributed by atoms with Gasteiger partial charge in [-0.2, -0.15) is 18.3 Å². The molecule has 1 heterocycles. The molecule has 30 heavy (non-hydrogen) atoms. The van der Waals surface area contributed by atoms with E-state index in [0.29, 0.717) is 19.0 Å². The number of benzene rings is 1. The lowest BCUT2D eigenvalue weighted by Crippen LogP contribution is -2.39. The maximum absolute atomic E-state index is 12.5. The Labute approximate surface area is 190 Å². The van der Waals surface area contributed by atoms with Crippen molar-refractivity contribution >= 4 is 29.9 Å². The van der Waals surface area contributed by atoms with Crippen LogP contribution in [0.5, 0.6) is 5.75 Å². The molecule has 0 spiro atoms. The van der Waals surface area contributed by atoms with Gasteiger partial charge in [0.25, 0.3) is 0 Å². The highest BCUT2D eigenvalue weighted by molar-refractivity contribution is 14.0. The van der Waals surface area contributed by atoms with Crippen LogP contribution in [-0.4, -0.2) is 53.2 Å². The van der Waals surface area contributed by atoms with Crippen LogP contribution in [0.3, 0.4) is 0 Å². The summed E-state index contributed by atoms with van der Waals surface area (Å²) in [5.74, 6) is 0.825. The molecule has 1 aromatic carbocycles. The van der Waals surface area contributed by atoms with E-state index in [2.05, 4.69) is 20.7 Å². The highest BCUT2D eigenvalue weighted by atomic mass is 127. The van der Waals surface area contributed by atoms with Crippen molar-refractivity contribution in [1.29, 1.82) is 0 Å². The maximum Gasteiger partial charge on any atom is 0.416 e. The SMILES string of the molecule is CCNC(=NCC(O)COc1ccc(C(F)(F)F)cc1)NCCCn1cccn1.I. The highest BCUT2D eigenvalue weighted by Crippen LogP contribution is 2.30. The largest absolute Gasteiger partial charge is 0.491 e. The summed E-state index contributed by atoms with van der Waals surface area (Å²) >= 11 is 0. The number of guanidine groups is 1. The molecule has 7 nitrogen and oxygen atoms in total. The molecule has 0 saturated heterocycles. The number of nitrogens with one attached hydrogen (secondary N) is 2. The van der Waals surface area contributed by atoms with E-state index in [1.54, 1.807) is 6.20 Å². The Morgan fingerprint density at radius 2 is 2.00 bits per heavy atom. The van der Waals surface area contributed by atoms with E-state index in [9.17, 15) is 18.3 Å². The first-order valence-electron chi connectivity index (χ1n) is 9.36. The number of hydrogen-bond acceptors (Lipinski definition) is 4. The van der Waals surface area contributed by atoms with Crippen molar-refractivity contribution < 1.29 is 23.0 Å². The summed E-state index contributed by atoms with van der Waals surface area (Å²) < 4.78 is 44.8. The third-order valence-corrected chi connectivity index (χ3v) is 3.84. The molecular formula is C19H27F3IN5O2. The fraction of sp³-hybridized carbons (Fsp3) is 0.474. The maximum atomic E-state index is 12.5. The Hall–Kier alpha value is -2.02. The van der Waals surface area contributed by atoms with E-state index >= 15 is 0 Å². The molecule has 0 fully saturated rings. The molecule has 1 atom stereocenters. The number of aliphatic imine (C=N–C) groups is 1. The number of aliphatic hydroxyl groups is 1. The van der Waals surface area contributed by atoms with E-state index in [1.165, 1.54) is 12.1 Å². The average Bonchev–Trinajstić information content (AvgIpc) is 3.21. The van der Waals surface area contributed by atoms with E-state index in [4.69, 9.17) is 4.74 Å². The first kappa shape index (κ1) is 26.0. The molecule has 2 rings (SSSR count). The molecule has 168 valence electrons. The minimum Gasteiger partial charge on any atom is -0.491 e. The summed E-state index contributed by atoms with van der Waals surface area (Å²) in [4.78, 5) is 4.30. The molecule has 0 aliphatic heterocycles. The summed E-state index contributed by atoms with van der Waals surface area (Å²) in [5, 5.41) is 20.4. The van der Waals surface area contributed by atoms with Gasteiger partial charge in [-0.15, -0.1) is 24.0 Å². The predicted octanol–water partition coefficient (Wildman–Crippen LogP) is 2.91. The third-order valence-electron chi connectivity index (χ3n) is 3.84. The smallest absolute Gasteiger partial charge is 0.416 e. The molecule has 11 heteroatoms. The first-order chi connectivity index (χ1) is 13.9. The zero-order valence-corrected chi connectivity index (χ0v) is 18.9. The molecule has 0 aliphatic carbocycles. The second-order valence-corrected chi connectivity index (χ2v) is 6.26. The minimum absolute atomic E-state index is 0. The van der Waals surface area contributed by atoms with Gasteiger partial charge in [-0.3, -0.25) is 9.67 Å². The van der Waals surface area contributed by atoms with Crippen molar-refractivity contribution in [2.24, 2.45) is 4.99 Å². The Morgan fingerprint density at radius 1 is 1.27 bits per heavy atom. The minimum atomic E-state index is -4.39. The standard InChI is InChI=1S/C19H26F3N5O2.HI/c1-2-23-18(24-9-3-11-27-12-4-10-26-27)25-13-16(28)14-29-17-7-5-15(6-8-17)19(20,21)22;/h4-8,10,12,16,28H,2-3,9,11,13-14H2,1H3,(H2,23,24,25);1H. The Bertz CT molecular complexity index is 740. The van der Waals surface area contributed by atoms with E-state index in [0.717, 1.165) is 25.1 Å². The van der Waals surface area contributed by atoms with Crippen LogP contribution < -0.4 is 15.4 Å². The Kier molecular flexibility index (Phi) is 11.5. The number of nitrogens with zero attached hydrogens (tertiary/aromatic N) is 3. The predicted molar refractivity (Wildman–Crippen MR) is 119 cm³/mol. The van der Waals surface area contributed by atoms with Gasteiger partial charge >= 0.3 is 6.18 Å². The van der Waals surface area contributed by atoms with Crippen LogP contribution in [0, 0.1) is 0 Å². The molecule has 0 amide bonds. The van der Waals surface area contributed by atoms with Crippen molar-refractivity contribution in [3.63, 3.8) is 0 Å². The van der Waals surface area contributed by atoms with Gasteiger partial charge in [-0.25, -0.2) is 0 Å². The quantitative estimate of drug-likeness (QED) is 0.187. The number of alkyl halides is 3. The molecule has 0 radical (unpaired) electrons. The molecule has 1 unspecified atom stereocenters. The van der Waals surface area contributed by atoms with Crippen LogP contribution in [0.4, 0.5) is 13.2 Å². The van der Waals surface area contributed by atoms with Crippen LogP contribution >= 0.6 is 24.0 Å². The second-order valence-electron chi connectivity index (χ2n) is 6.26. The summed E-state index contributed by atoms with van der Waals surface area (Å²) in [6.45, 7) is 4.09. The fourth-order valence-corrected chi connectivity index (χ4v) is 2.40. The van der Waals surface area contributed by atoms with Crippen molar-refractivity contribution in [2.75, 3.05) is 26.2 Å². The van der Waals surface area contributed by atoms with Crippen LogP contribution in [-0.2, 0) is 12.7 Å². The fourth-order valence-electron chi connectivity index (χ4n) is 2.40. The number of aryl methyl sites for hydroxylation is 1. The number of ether oxygens (including phenoxy) is 1. The summed E-state index contributed by atoms with van der Waals surface area (Å²) in [7, 11) is 0. The number of aromatic nitrogens is 2. The van der Waals surface area contributed by atoms with E-state index in [1.807, 2.05) is 23.9 Å². The van der Waals surface area contributed by atoms with Crippen molar-refractivity contribution in [3.8, 4) is 5.75 Å². The lowest BCUT2D eigenvalue weighted by Gasteiger charge is -2.14. The monoisotopic (exact) mass is 541 g/mol.